The number of carbonyl (C=O) groups excluding carboxylic acids is 2. The fourth-order valence-electron chi connectivity index (χ4n) is 0.663. The van der Waals surface area contributed by atoms with Gasteiger partial charge in [0.2, 0.25) is 0 Å². The van der Waals surface area contributed by atoms with Crippen molar-refractivity contribution in [2.75, 3.05) is 13.2 Å². The highest BCUT2D eigenvalue weighted by Gasteiger charge is 2.02. The summed E-state index contributed by atoms with van der Waals surface area (Å²) in [5.41, 5.74) is 0. The van der Waals surface area contributed by atoms with Gasteiger partial charge < -0.3 is 14.2 Å². The molecule has 0 rings (SSSR count). The Labute approximate surface area is 88.3 Å². The molecule has 0 aliphatic carbocycles. The normalized spacial score (nSPS) is 9.73. The minimum atomic E-state index is -0.735. The van der Waals surface area contributed by atoms with Gasteiger partial charge in [-0.25, -0.2) is 9.59 Å². The van der Waals surface area contributed by atoms with Gasteiger partial charge in [0.1, 0.15) is 0 Å². The van der Waals surface area contributed by atoms with Crippen molar-refractivity contribution in [3.63, 3.8) is 0 Å². The van der Waals surface area contributed by atoms with E-state index < -0.39 is 11.9 Å². The van der Waals surface area contributed by atoms with Gasteiger partial charge >= 0.3 is 11.9 Å². The Morgan fingerprint density at radius 2 is 1.60 bits per heavy atom. The predicted molar refractivity (Wildman–Crippen MR) is 52.6 cm³/mol. The molecule has 0 fully saturated rings. The lowest BCUT2D eigenvalue weighted by Crippen LogP contribution is -2.05. The van der Waals surface area contributed by atoms with E-state index in [4.69, 9.17) is 4.74 Å². The molecule has 0 spiro atoms. The molecule has 0 aromatic carbocycles. The molecule has 0 aromatic heterocycles. The molecule has 0 unspecified atom stereocenters. The van der Waals surface area contributed by atoms with E-state index in [1.54, 1.807) is 13.8 Å². The standard InChI is InChI=1S/C10H14O5/c1-4-13-8(3)15-10(12)7-6-9(11)14-5-2/h6-7H,3-5H2,1-2H3/b7-6-. The molecular formula is C10H14O5. The molecule has 0 aromatic rings. The smallest absolute Gasteiger partial charge is 0.338 e. The molecule has 0 atom stereocenters. The average molecular weight is 214 g/mol. The minimum absolute atomic E-state index is 0.101. The van der Waals surface area contributed by atoms with Crippen LogP contribution in [0.2, 0.25) is 0 Å². The number of hydrogen-bond donors (Lipinski definition) is 0. The van der Waals surface area contributed by atoms with Crippen molar-refractivity contribution < 1.29 is 23.8 Å². The highest BCUT2D eigenvalue weighted by Crippen LogP contribution is 1.97. The van der Waals surface area contributed by atoms with Gasteiger partial charge in [0.15, 0.2) is 0 Å². The van der Waals surface area contributed by atoms with Crippen LogP contribution >= 0.6 is 0 Å². The van der Waals surface area contributed by atoms with Gasteiger partial charge in [-0.15, -0.1) is 0 Å². The van der Waals surface area contributed by atoms with Gasteiger partial charge in [0, 0.05) is 12.2 Å². The Balaban J connectivity index is 3.92. The second-order valence-corrected chi connectivity index (χ2v) is 2.31. The Morgan fingerprint density at radius 1 is 1.07 bits per heavy atom. The van der Waals surface area contributed by atoms with Crippen molar-refractivity contribution >= 4 is 11.9 Å². The Morgan fingerprint density at radius 3 is 2.13 bits per heavy atom. The third kappa shape index (κ3) is 7.30. The summed E-state index contributed by atoms with van der Waals surface area (Å²) in [4.78, 5) is 21.8. The second-order valence-electron chi connectivity index (χ2n) is 2.31. The molecule has 0 radical (unpaired) electrons. The quantitative estimate of drug-likeness (QED) is 0.377. The van der Waals surface area contributed by atoms with Crippen LogP contribution in [0, 0.1) is 0 Å². The summed E-state index contributed by atoms with van der Waals surface area (Å²) in [6.45, 7) is 7.34. The lowest BCUT2D eigenvalue weighted by Gasteiger charge is -2.04. The Kier molecular flexibility index (Phi) is 6.70. The molecule has 0 bridgehead atoms. The van der Waals surface area contributed by atoms with Crippen LogP contribution in [-0.4, -0.2) is 25.2 Å². The van der Waals surface area contributed by atoms with Gasteiger partial charge in [-0.1, -0.05) is 0 Å². The SMILES string of the molecule is C=C(OCC)OC(=O)/C=C\C(=O)OCC. The Hall–Kier alpha value is -1.78. The average Bonchev–Trinajstić information content (AvgIpc) is 2.15. The maximum absolute atomic E-state index is 11.0. The summed E-state index contributed by atoms with van der Waals surface area (Å²) in [6.07, 6.45) is 1.92. The number of ether oxygens (including phenoxy) is 3. The molecule has 0 saturated heterocycles. The lowest BCUT2D eigenvalue weighted by molar-refractivity contribution is -0.141. The number of hydrogen-bond acceptors (Lipinski definition) is 5. The first kappa shape index (κ1) is 13.2. The molecule has 0 aliphatic rings. The first-order valence-corrected chi connectivity index (χ1v) is 4.48. The van der Waals surface area contributed by atoms with Gasteiger partial charge in [-0.05, 0) is 20.4 Å². The zero-order valence-corrected chi connectivity index (χ0v) is 8.82. The van der Waals surface area contributed by atoms with Crippen molar-refractivity contribution in [3.8, 4) is 0 Å². The third-order valence-electron chi connectivity index (χ3n) is 1.16. The molecule has 0 aliphatic heterocycles. The van der Waals surface area contributed by atoms with Crippen LogP contribution in [-0.2, 0) is 23.8 Å². The van der Waals surface area contributed by atoms with E-state index in [0.717, 1.165) is 12.2 Å². The molecule has 15 heavy (non-hydrogen) atoms. The summed E-state index contributed by atoms with van der Waals surface area (Å²) in [6, 6.07) is 0. The van der Waals surface area contributed by atoms with Crippen LogP contribution in [0.3, 0.4) is 0 Å². The van der Waals surface area contributed by atoms with Crippen molar-refractivity contribution in [1.29, 1.82) is 0 Å². The van der Waals surface area contributed by atoms with Gasteiger partial charge in [-0.3, -0.25) is 0 Å². The fourth-order valence-corrected chi connectivity index (χ4v) is 0.663. The molecule has 0 N–H and O–H groups in total. The van der Waals surface area contributed by atoms with E-state index in [9.17, 15) is 9.59 Å². The van der Waals surface area contributed by atoms with Crippen LogP contribution in [0.4, 0.5) is 0 Å². The third-order valence-corrected chi connectivity index (χ3v) is 1.16. The van der Waals surface area contributed by atoms with Gasteiger partial charge in [0.25, 0.3) is 5.95 Å². The number of rotatable bonds is 6. The van der Waals surface area contributed by atoms with E-state index >= 15 is 0 Å². The highest BCUT2D eigenvalue weighted by atomic mass is 16.7. The molecule has 0 heterocycles. The van der Waals surface area contributed by atoms with E-state index in [1.165, 1.54) is 0 Å². The summed E-state index contributed by atoms with van der Waals surface area (Å²) >= 11 is 0. The van der Waals surface area contributed by atoms with Crippen molar-refractivity contribution in [2.24, 2.45) is 0 Å². The summed E-state index contributed by atoms with van der Waals surface area (Å²) in [7, 11) is 0. The van der Waals surface area contributed by atoms with Gasteiger partial charge in [0.05, 0.1) is 13.2 Å². The highest BCUT2D eigenvalue weighted by molar-refractivity contribution is 5.91. The molecule has 0 amide bonds. The van der Waals surface area contributed by atoms with E-state index in [0.29, 0.717) is 6.61 Å². The van der Waals surface area contributed by atoms with Gasteiger partial charge in [-0.2, -0.15) is 0 Å². The maximum Gasteiger partial charge on any atom is 0.338 e. The number of esters is 2. The van der Waals surface area contributed by atoms with Crippen LogP contribution in [0.5, 0.6) is 0 Å². The summed E-state index contributed by atoms with van der Waals surface area (Å²) in [5.74, 6) is -1.44. The van der Waals surface area contributed by atoms with E-state index in [1.807, 2.05) is 0 Å². The second kappa shape index (κ2) is 7.61. The topological polar surface area (TPSA) is 61.8 Å². The van der Waals surface area contributed by atoms with Crippen LogP contribution in [0.15, 0.2) is 24.7 Å². The zero-order chi connectivity index (χ0) is 11.7. The number of carbonyl (C=O) groups is 2. The van der Waals surface area contributed by atoms with Crippen LogP contribution in [0.25, 0.3) is 0 Å². The lowest BCUT2D eigenvalue weighted by atomic mass is 10.5. The predicted octanol–water partition coefficient (Wildman–Crippen LogP) is 1.16. The van der Waals surface area contributed by atoms with Crippen molar-refractivity contribution in [3.05, 3.63) is 24.7 Å². The zero-order valence-electron chi connectivity index (χ0n) is 8.82. The monoisotopic (exact) mass is 214 g/mol. The molecule has 0 saturated carbocycles. The molecule has 5 heteroatoms. The fraction of sp³-hybridized carbons (Fsp3) is 0.400. The van der Waals surface area contributed by atoms with Crippen molar-refractivity contribution in [1.82, 2.24) is 0 Å². The Bertz CT molecular complexity index is 267. The first-order chi connectivity index (χ1) is 7.10. The van der Waals surface area contributed by atoms with Crippen LogP contribution in [0.1, 0.15) is 13.8 Å². The molecular weight excluding hydrogens is 200 g/mol. The first-order valence-electron chi connectivity index (χ1n) is 4.48. The molecule has 5 nitrogen and oxygen atoms in total. The van der Waals surface area contributed by atoms with E-state index in [-0.39, 0.29) is 12.6 Å². The molecule has 84 valence electrons. The summed E-state index contributed by atoms with van der Waals surface area (Å²) < 4.78 is 13.9. The minimum Gasteiger partial charge on any atom is -0.466 e. The summed E-state index contributed by atoms with van der Waals surface area (Å²) in [5, 5.41) is 0. The van der Waals surface area contributed by atoms with E-state index in [2.05, 4.69) is 16.1 Å². The maximum atomic E-state index is 11.0. The van der Waals surface area contributed by atoms with Crippen molar-refractivity contribution in [2.45, 2.75) is 13.8 Å². The van der Waals surface area contributed by atoms with Crippen LogP contribution < -0.4 is 0 Å². The largest absolute Gasteiger partial charge is 0.466 e.